The lowest BCUT2D eigenvalue weighted by Gasteiger charge is -2.26. The Labute approximate surface area is 109 Å². The zero-order valence-electron chi connectivity index (χ0n) is 11.6. The van der Waals surface area contributed by atoms with Crippen LogP contribution < -0.4 is 4.90 Å². The highest BCUT2D eigenvalue weighted by Gasteiger charge is 2.19. The van der Waals surface area contributed by atoms with Crippen LogP contribution in [0.4, 0.5) is 5.69 Å². The Balaban J connectivity index is 2.56. The van der Waals surface area contributed by atoms with Gasteiger partial charge in [-0.25, -0.2) is 0 Å². The molecule has 1 aromatic carbocycles. The molecule has 0 bridgehead atoms. The summed E-state index contributed by atoms with van der Waals surface area (Å²) in [4.78, 5) is 15.5. The van der Waals surface area contributed by atoms with Crippen LogP contribution >= 0.6 is 0 Å². The number of aliphatic hydroxyl groups is 1. The topological polar surface area (TPSA) is 43.8 Å². The fourth-order valence-electron chi connectivity index (χ4n) is 1.85. The molecule has 18 heavy (non-hydrogen) atoms. The molecule has 0 aliphatic carbocycles. The van der Waals surface area contributed by atoms with Gasteiger partial charge in [0.25, 0.3) is 0 Å². The molecule has 0 heterocycles. The second-order valence-electron chi connectivity index (χ2n) is 5.27. The number of hydrogen-bond donors (Lipinski definition) is 1. The Morgan fingerprint density at radius 1 is 1.22 bits per heavy atom. The van der Waals surface area contributed by atoms with Gasteiger partial charge in [-0.3, -0.25) is 9.69 Å². The van der Waals surface area contributed by atoms with Crippen LogP contribution in [0.3, 0.4) is 0 Å². The molecule has 4 nitrogen and oxygen atoms in total. The molecule has 0 saturated heterocycles. The Kier molecular flexibility index (Phi) is 4.87. The molecule has 0 fully saturated rings. The molecule has 0 aliphatic rings. The zero-order chi connectivity index (χ0) is 13.8. The van der Waals surface area contributed by atoms with Gasteiger partial charge in [0, 0.05) is 19.3 Å². The highest BCUT2D eigenvalue weighted by molar-refractivity contribution is 5.94. The van der Waals surface area contributed by atoms with E-state index in [9.17, 15) is 9.90 Å². The normalized spacial score (nSPS) is 11.7. The third-order valence-electron chi connectivity index (χ3n) is 2.58. The molecular formula is C14H22N2O2. The Hall–Kier alpha value is -1.39. The van der Waals surface area contributed by atoms with Gasteiger partial charge < -0.3 is 10.0 Å². The quantitative estimate of drug-likeness (QED) is 0.858. The van der Waals surface area contributed by atoms with Gasteiger partial charge in [0.05, 0.1) is 12.1 Å². The number of hydrogen-bond acceptors (Lipinski definition) is 3. The molecule has 1 amide bonds. The lowest BCUT2D eigenvalue weighted by atomic mass is 10.1. The molecular weight excluding hydrogens is 228 g/mol. The minimum absolute atomic E-state index is 0.00736. The van der Waals surface area contributed by atoms with E-state index in [2.05, 4.69) is 0 Å². The summed E-state index contributed by atoms with van der Waals surface area (Å²) in [6.45, 7) is 4.21. The van der Waals surface area contributed by atoms with Crippen molar-refractivity contribution in [2.45, 2.75) is 19.4 Å². The molecule has 1 N–H and O–H groups in total. The first-order chi connectivity index (χ1) is 8.29. The fraction of sp³-hybridized carbons (Fsp3) is 0.500. The van der Waals surface area contributed by atoms with Crippen molar-refractivity contribution < 1.29 is 9.90 Å². The van der Waals surface area contributed by atoms with Crippen LogP contribution in [0.5, 0.6) is 0 Å². The number of carbonyl (C=O) groups excluding carboxylic acids is 1. The Bertz CT molecular complexity index is 385. The number of carbonyl (C=O) groups is 1. The van der Waals surface area contributed by atoms with Crippen molar-refractivity contribution in [2.24, 2.45) is 0 Å². The zero-order valence-corrected chi connectivity index (χ0v) is 11.6. The molecule has 100 valence electrons. The van der Waals surface area contributed by atoms with Crippen LogP contribution in [-0.2, 0) is 4.79 Å². The largest absolute Gasteiger partial charge is 0.389 e. The first-order valence-corrected chi connectivity index (χ1v) is 6.02. The molecule has 1 aromatic rings. The highest BCUT2D eigenvalue weighted by atomic mass is 16.3. The maximum atomic E-state index is 12.0. The molecule has 0 unspecified atom stereocenters. The van der Waals surface area contributed by atoms with E-state index < -0.39 is 5.60 Å². The van der Waals surface area contributed by atoms with Crippen molar-refractivity contribution in [3.8, 4) is 0 Å². The molecule has 0 atom stereocenters. The summed E-state index contributed by atoms with van der Waals surface area (Å²) < 4.78 is 0. The van der Waals surface area contributed by atoms with E-state index in [0.717, 1.165) is 5.69 Å². The minimum atomic E-state index is -0.791. The highest BCUT2D eigenvalue weighted by Crippen LogP contribution is 2.11. The lowest BCUT2D eigenvalue weighted by Crippen LogP contribution is -2.42. The smallest absolute Gasteiger partial charge is 0.240 e. The van der Waals surface area contributed by atoms with E-state index in [4.69, 9.17) is 0 Å². The molecule has 1 rings (SSSR count). The van der Waals surface area contributed by atoms with Crippen molar-refractivity contribution >= 4 is 11.6 Å². The van der Waals surface area contributed by atoms with Crippen molar-refractivity contribution in [3.05, 3.63) is 30.3 Å². The molecule has 0 aromatic heterocycles. The predicted molar refractivity (Wildman–Crippen MR) is 73.6 cm³/mol. The summed E-state index contributed by atoms with van der Waals surface area (Å²) in [5, 5.41) is 9.69. The summed E-state index contributed by atoms with van der Waals surface area (Å²) in [6.07, 6.45) is 0. The van der Waals surface area contributed by atoms with Crippen LogP contribution in [-0.4, -0.2) is 48.7 Å². The third-order valence-corrected chi connectivity index (χ3v) is 2.58. The first kappa shape index (κ1) is 14.7. The summed E-state index contributed by atoms with van der Waals surface area (Å²) in [5.41, 5.74) is 0.0829. The first-order valence-electron chi connectivity index (χ1n) is 6.02. The molecule has 0 spiro atoms. The average molecular weight is 250 g/mol. The average Bonchev–Trinajstić information content (AvgIpc) is 2.26. The van der Waals surface area contributed by atoms with E-state index in [0.29, 0.717) is 6.54 Å². The lowest BCUT2D eigenvalue weighted by molar-refractivity contribution is -0.119. The Morgan fingerprint density at radius 3 is 2.28 bits per heavy atom. The van der Waals surface area contributed by atoms with E-state index in [1.807, 2.05) is 42.3 Å². The number of benzene rings is 1. The summed E-state index contributed by atoms with van der Waals surface area (Å²) in [7, 11) is 3.59. The van der Waals surface area contributed by atoms with Gasteiger partial charge in [-0.05, 0) is 33.0 Å². The van der Waals surface area contributed by atoms with Gasteiger partial charge in [0.2, 0.25) is 5.91 Å². The van der Waals surface area contributed by atoms with Gasteiger partial charge in [0.1, 0.15) is 0 Å². The van der Waals surface area contributed by atoms with Crippen LogP contribution in [0, 0.1) is 0 Å². The van der Waals surface area contributed by atoms with Crippen molar-refractivity contribution in [2.75, 3.05) is 32.1 Å². The third kappa shape index (κ3) is 4.85. The van der Waals surface area contributed by atoms with Crippen molar-refractivity contribution in [1.82, 2.24) is 4.90 Å². The van der Waals surface area contributed by atoms with E-state index in [1.54, 1.807) is 25.8 Å². The van der Waals surface area contributed by atoms with Gasteiger partial charge in [-0.1, -0.05) is 18.2 Å². The number of nitrogens with zero attached hydrogens (tertiary/aromatic N) is 2. The summed E-state index contributed by atoms with van der Waals surface area (Å²) in [5.74, 6) is 0.00736. The fourth-order valence-corrected chi connectivity index (χ4v) is 1.85. The number of amides is 1. The second-order valence-corrected chi connectivity index (χ2v) is 5.27. The number of anilines is 1. The minimum Gasteiger partial charge on any atom is -0.389 e. The predicted octanol–water partition coefficient (Wildman–Crippen LogP) is 1.35. The van der Waals surface area contributed by atoms with Gasteiger partial charge in [-0.15, -0.1) is 0 Å². The number of likely N-dealkylation sites (N-methyl/N-ethyl adjacent to an activating group) is 2. The molecule has 0 aliphatic heterocycles. The monoisotopic (exact) mass is 250 g/mol. The summed E-state index contributed by atoms with van der Waals surface area (Å²) >= 11 is 0. The second kappa shape index (κ2) is 5.98. The van der Waals surface area contributed by atoms with Crippen molar-refractivity contribution in [3.63, 3.8) is 0 Å². The van der Waals surface area contributed by atoms with Gasteiger partial charge in [0.15, 0.2) is 0 Å². The van der Waals surface area contributed by atoms with E-state index in [-0.39, 0.29) is 12.5 Å². The number of rotatable bonds is 5. The van der Waals surface area contributed by atoms with Crippen LogP contribution in [0.2, 0.25) is 0 Å². The van der Waals surface area contributed by atoms with Crippen LogP contribution in [0.1, 0.15) is 13.8 Å². The maximum Gasteiger partial charge on any atom is 0.240 e. The Morgan fingerprint density at radius 2 is 1.78 bits per heavy atom. The SMILES string of the molecule is CN(CC(=O)N(C)c1ccccc1)CC(C)(C)O. The maximum absolute atomic E-state index is 12.0. The molecule has 0 saturated carbocycles. The molecule has 0 radical (unpaired) electrons. The van der Waals surface area contributed by atoms with E-state index in [1.165, 1.54) is 0 Å². The summed E-state index contributed by atoms with van der Waals surface area (Å²) in [6, 6.07) is 9.52. The molecule has 4 heteroatoms. The van der Waals surface area contributed by atoms with Gasteiger partial charge in [-0.2, -0.15) is 0 Å². The number of para-hydroxylation sites is 1. The van der Waals surface area contributed by atoms with Crippen LogP contribution in [0.25, 0.3) is 0 Å². The standard InChI is InChI=1S/C14H22N2O2/c1-14(2,18)11-15(3)10-13(17)16(4)12-8-6-5-7-9-12/h5-9,18H,10-11H2,1-4H3. The van der Waals surface area contributed by atoms with E-state index >= 15 is 0 Å². The van der Waals surface area contributed by atoms with Crippen LogP contribution in [0.15, 0.2) is 30.3 Å². The van der Waals surface area contributed by atoms with Gasteiger partial charge >= 0.3 is 0 Å². The van der Waals surface area contributed by atoms with Crippen molar-refractivity contribution in [1.29, 1.82) is 0 Å².